The molecule has 2 rings (SSSR count). The highest BCUT2D eigenvalue weighted by atomic mass is 16.1. The van der Waals surface area contributed by atoms with Gasteiger partial charge in [0, 0.05) is 18.5 Å². The molecule has 0 aliphatic heterocycles. The molecule has 0 fully saturated rings. The summed E-state index contributed by atoms with van der Waals surface area (Å²) in [4.78, 5) is 16.5. The van der Waals surface area contributed by atoms with Gasteiger partial charge < -0.3 is 4.57 Å². The number of Topliss-reactive ketones (excluding diaryl/α,β-unsaturated/α-hetero) is 1. The number of imidazole rings is 1. The summed E-state index contributed by atoms with van der Waals surface area (Å²) in [6, 6.07) is 4.05. The fourth-order valence-corrected chi connectivity index (χ4v) is 2.38. The van der Waals surface area contributed by atoms with Crippen LogP contribution in [0.5, 0.6) is 0 Å². The lowest BCUT2D eigenvalue weighted by atomic mass is 10.0. The van der Waals surface area contributed by atoms with Crippen LogP contribution in [0.25, 0.3) is 11.0 Å². The quantitative estimate of drug-likeness (QED) is 0.730. The molecule has 1 heterocycles. The molecule has 1 aromatic heterocycles. The first-order chi connectivity index (χ1) is 9.17. The van der Waals surface area contributed by atoms with E-state index in [1.54, 1.807) is 0 Å². The van der Waals surface area contributed by atoms with E-state index < -0.39 is 0 Å². The summed E-state index contributed by atoms with van der Waals surface area (Å²) in [5, 5.41) is 0. The van der Waals surface area contributed by atoms with Crippen LogP contribution in [0.3, 0.4) is 0 Å². The molecule has 0 saturated carbocycles. The van der Waals surface area contributed by atoms with Gasteiger partial charge in [0.05, 0.1) is 17.4 Å². The number of nitrogens with zero attached hydrogens (tertiary/aromatic N) is 2. The van der Waals surface area contributed by atoms with E-state index in [0.717, 1.165) is 41.5 Å². The van der Waals surface area contributed by atoms with Gasteiger partial charge in [0.1, 0.15) is 0 Å². The lowest BCUT2D eigenvalue weighted by molar-refractivity contribution is 0.0981. The fourth-order valence-electron chi connectivity index (χ4n) is 2.38. The van der Waals surface area contributed by atoms with Crippen LogP contribution in [0.1, 0.15) is 55.5 Å². The maximum atomic E-state index is 12.1. The number of carbonyl (C=O) groups excluding carboxylic acids is 1. The lowest BCUT2D eigenvalue weighted by Crippen LogP contribution is -2.02. The number of aryl methyl sites for hydroxylation is 2. The van der Waals surface area contributed by atoms with Gasteiger partial charge in [-0.15, -0.1) is 0 Å². The van der Waals surface area contributed by atoms with Gasteiger partial charge in [0.2, 0.25) is 0 Å². The second-order valence-electron chi connectivity index (χ2n) is 5.12. The number of hydrogen-bond donors (Lipinski definition) is 0. The van der Waals surface area contributed by atoms with Gasteiger partial charge in [-0.1, -0.05) is 20.3 Å². The van der Waals surface area contributed by atoms with Gasteiger partial charge in [0.25, 0.3) is 0 Å². The van der Waals surface area contributed by atoms with E-state index in [9.17, 15) is 4.79 Å². The Bertz CT molecular complexity index is 584. The van der Waals surface area contributed by atoms with E-state index in [0.29, 0.717) is 6.42 Å². The van der Waals surface area contributed by atoms with E-state index in [4.69, 9.17) is 0 Å². The van der Waals surface area contributed by atoms with Crippen molar-refractivity contribution in [2.45, 2.75) is 53.0 Å². The number of carbonyl (C=O) groups is 1. The van der Waals surface area contributed by atoms with Crippen molar-refractivity contribution in [1.29, 1.82) is 0 Å². The van der Waals surface area contributed by atoms with Crippen LogP contribution < -0.4 is 0 Å². The highest BCUT2D eigenvalue weighted by Crippen LogP contribution is 2.21. The highest BCUT2D eigenvalue weighted by molar-refractivity contribution is 6.00. The third-order valence-electron chi connectivity index (χ3n) is 3.50. The Hall–Kier alpha value is -1.64. The zero-order valence-electron chi connectivity index (χ0n) is 12.1. The Balaban J connectivity index is 2.39. The smallest absolute Gasteiger partial charge is 0.163 e. The number of fused-ring (bicyclic) bond motifs is 1. The number of unbranched alkanes of at least 4 members (excludes halogenated alkanes) is 1. The minimum atomic E-state index is 0.227. The topological polar surface area (TPSA) is 34.9 Å². The molecule has 0 aliphatic carbocycles. The van der Waals surface area contributed by atoms with E-state index >= 15 is 0 Å². The van der Waals surface area contributed by atoms with Crippen molar-refractivity contribution < 1.29 is 4.79 Å². The average molecular weight is 258 g/mol. The Kier molecular flexibility index (Phi) is 4.35. The minimum absolute atomic E-state index is 0.227. The number of ketones is 1. The molecular formula is C16H22N2O. The molecule has 1 aromatic carbocycles. The predicted octanol–water partition coefficient (Wildman–Crippen LogP) is 4.13. The Morgan fingerprint density at radius 2 is 2.05 bits per heavy atom. The SMILES string of the molecule is CCCCn1cnc2cc(C(=O)CCC)c(C)cc21. The van der Waals surface area contributed by atoms with Crippen molar-refractivity contribution in [3.63, 3.8) is 0 Å². The summed E-state index contributed by atoms with van der Waals surface area (Å²) in [6.45, 7) is 7.23. The monoisotopic (exact) mass is 258 g/mol. The summed E-state index contributed by atoms with van der Waals surface area (Å²) in [6.07, 6.45) is 5.71. The molecule has 102 valence electrons. The van der Waals surface area contributed by atoms with Crippen LogP contribution in [0.15, 0.2) is 18.5 Å². The molecule has 0 radical (unpaired) electrons. The summed E-state index contributed by atoms with van der Waals surface area (Å²) in [5.41, 5.74) is 3.96. The van der Waals surface area contributed by atoms with Crippen molar-refractivity contribution >= 4 is 16.8 Å². The van der Waals surface area contributed by atoms with Crippen molar-refractivity contribution in [2.24, 2.45) is 0 Å². The summed E-state index contributed by atoms with van der Waals surface area (Å²) >= 11 is 0. The van der Waals surface area contributed by atoms with E-state index in [-0.39, 0.29) is 5.78 Å². The highest BCUT2D eigenvalue weighted by Gasteiger charge is 2.12. The second kappa shape index (κ2) is 6.00. The summed E-state index contributed by atoms with van der Waals surface area (Å²) in [7, 11) is 0. The standard InChI is InChI=1S/C16H22N2O/c1-4-6-8-18-11-17-14-10-13(16(19)7-5-2)12(3)9-15(14)18/h9-11H,4-8H2,1-3H3. The van der Waals surface area contributed by atoms with Gasteiger partial charge in [-0.2, -0.15) is 0 Å². The molecule has 2 aromatic rings. The van der Waals surface area contributed by atoms with Gasteiger partial charge in [-0.25, -0.2) is 4.98 Å². The molecule has 0 bridgehead atoms. The van der Waals surface area contributed by atoms with E-state index in [1.165, 1.54) is 6.42 Å². The minimum Gasteiger partial charge on any atom is -0.331 e. The molecule has 0 atom stereocenters. The average Bonchev–Trinajstić information content (AvgIpc) is 2.77. The molecule has 0 amide bonds. The normalized spacial score (nSPS) is 11.1. The first kappa shape index (κ1) is 13.8. The molecule has 0 saturated heterocycles. The van der Waals surface area contributed by atoms with Gasteiger partial charge in [0.15, 0.2) is 5.78 Å². The van der Waals surface area contributed by atoms with Gasteiger partial charge >= 0.3 is 0 Å². The predicted molar refractivity (Wildman–Crippen MR) is 78.6 cm³/mol. The fraction of sp³-hybridized carbons (Fsp3) is 0.500. The molecule has 0 spiro atoms. The van der Waals surface area contributed by atoms with Gasteiger partial charge in [-0.05, 0) is 37.5 Å². The largest absolute Gasteiger partial charge is 0.331 e. The zero-order valence-corrected chi connectivity index (χ0v) is 12.1. The van der Waals surface area contributed by atoms with E-state index in [2.05, 4.69) is 22.5 Å². The number of rotatable bonds is 6. The summed E-state index contributed by atoms with van der Waals surface area (Å²) in [5.74, 6) is 0.227. The first-order valence-corrected chi connectivity index (χ1v) is 7.16. The van der Waals surface area contributed by atoms with Crippen LogP contribution >= 0.6 is 0 Å². The number of hydrogen-bond acceptors (Lipinski definition) is 2. The van der Waals surface area contributed by atoms with Crippen LogP contribution in [0.2, 0.25) is 0 Å². The maximum Gasteiger partial charge on any atom is 0.163 e. The first-order valence-electron chi connectivity index (χ1n) is 7.16. The summed E-state index contributed by atoms with van der Waals surface area (Å²) < 4.78 is 2.18. The third-order valence-corrected chi connectivity index (χ3v) is 3.50. The van der Waals surface area contributed by atoms with Crippen molar-refractivity contribution in [1.82, 2.24) is 9.55 Å². The second-order valence-corrected chi connectivity index (χ2v) is 5.12. The molecule has 3 nitrogen and oxygen atoms in total. The third kappa shape index (κ3) is 2.86. The maximum absolute atomic E-state index is 12.1. The van der Waals surface area contributed by atoms with Crippen LogP contribution in [-0.2, 0) is 6.54 Å². The Morgan fingerprint density at radius 1 is 1.26 bits per heavy atom. The Labute approximate surface area is 114 Å². The molecular weight excluding hydrogens is 236 g/mol. The van der Waals surface area contributed by atoms with Crippen molar-refractivity contribution in [3.05, 3.63) is 29.6 Å². The van der Waals surface area contributed by atoms with Crippen molar-refractivity contribution in [2.75, 3.05) is 0 Å². The molecule has 3 heteroatoms. The molecule has 0 N–H and O–H groups in total. The van der Waals surface area contributed by atoms with Crippen LogP contribution in [0, 0.1) is 6.92 Å². The Morgan fingerprint density at radius 3 is 2.74 bits per heavy atom. The zero-order chi connectivity index (χ0) is 13.8. The van der Waals surface area contributed by atoms with E-state index in [1.807, 2.05) is 26.2 Å². The number of benzene rings is 1. The van der Waals surface area contributed by atoms with Crippen molar-refractivity contribution in [3.8, 4) is 0 Å². The molecule has 19 heavy (non-hydrogen) atoms. The van der Waals surface area contributed by atoms with Crippen LogP contribution in [0.4, 0.5) is 0 Å². The number of aromatic nitrogens is 2. The van der Waals surface area contributed by atoms with Crippen LogP contribution in [-0.4, -0.2) is 15.3 Å². The lowest BCUT2D eigenvalue weighted by Gasteiger charge is -2.07. The molecule has 0 aliphatic rings. The molecule has 0 unspecified atom stereocenters. The van der Waals surface area contributed by atoms with Gasteiger partial charge in [-0.3, -0.25) is 4.79 Å².